The van der Waals surface area contributed by atoms with E-state index in [-0.39, 0.29) is 17.4 Å². The molecule has 0 bridgehead atoms. The van der Waals surface area contributed by atoms with Gasteiger partial charge in [-0.2, -0.15) is 0 Å². The van der Waals surface area contributed by atoms with Gasteiger partial charge >= 0.3 is 0 Å². The van der Waals surface area contributed by atoms with E-state index >= 15 is 0 Å². The van der Waals surface area contributed by atoms with Crippen molar-refractivity contribution in [1.82, 2.24) is 5.32 Å². The molecule has 1 fully saturated rings. The first-order valence-corrected chi connectivity index (χ1v) is 8.96. The van der Waals surface area contributed by atoms with Crippen LogP contribution in [-0.2, 0) is 10.2 Å². The highest BCUT2D eigenvalue weighted by Crippen LogP contribution is 2.41. The maximum Gasteiger partial charge on any atom is 0.231 e. The number of carbonyl (C=O) groups is 1. The number of benzene rings is 2. The molecular formula is C22H27NO. The summed E-state index contributed by atoms with van der Waals surface area (Å²) in [5, 5.41) is 3.31. The first kappa shape index (κ1) is 16.8. The van der Waals surface area contributed by atoms with Gasteiger partial charge < -0.3 is 5.32 Å². The average Bonchev–Trinajstić information content (AvgIpc) is 3.09. The van der Waals surface area contributed by atoms with Gasteiger partial charge in [-0.25, -0.2) is 0 Å². The standard InChI is InChI=1S/C22H27NO/c1-16-11-12-17(2)20(15-16)18(3)23-21(24)22(13-7-8-14-22)19-9-5-4-6-10-19/h4-6,9-12,15,18H,7-8,13-14H2,1-3H3,(H,23,24)/t18-/m1/s1. The molecule has 1 saturated carbocycles. The van der Waals surface area contributed by atoms with Crippen LogP contribution < -0.4 is 5.32 Å². The smallest absolute Gasteiger partial charge is 0.231 e. The van der Waals surface area contributed by atoms with Crippen LogP contribution in [0.15, 0.2) is 48.5 Å². The van der Waals surface area contributed by atoms with E-state index in [0.29, 0.717) is 0 Å². The van der Waals surface area contributed by atoms with E-state index in [1.807, 2.05) is 18.2 Å². The van der Waals surface area contributed by atoms with E-state index in [0.717, 1.165) is 31.2 Å². The minimum absolute atomic E-state index is 0.0265. The normalized spacial score (nSPS) is 17.5. The summed E-state index contributed by atoms with van der Waals surface area (Å²) in [6.07, 6.45) is 4.14. The van der Waals surface area contributed by atoms with Gasteiger partial charge in [-0.15, -0.1) is 0 Å². The lowest BCUT2D eigenvalue weighted by Gasteiger charge is -2.30. The lowest BCUT2D eigenvalue weighted by atomic mass is 9.77. The molecule has 2 aromatic carbocycles. The summed E-state index contributed by atoms with van der Waals surface area (Å²) in [4.78, 5) is 13.2. The molecule has 0 heterocycles. The molecule has 0 saturated heterocycles. The Morgan fingerprint density at radius 1 is 1.04 bits per heavy atom. The van der Waals surface area contributed by atoms with Crippen molar-refractivity contribution in [3.63, 3.8) is 0 Å². The number of hydrogen-bond acceptors (Lipinski definition) is 1. The van der Waals surface area contributed by atoms with Gasteiger partial charge in [-0.3, -0.25) is 4.79 Å². The zero-order valence-corrected chi connectivity index (χ0v) is 14.9. The predicted octanol–water partition coefficient (Wildman–Crippen LogP) is 4.99. The van der Waals surface area contributed by atoms with Crippen molar-refractivity contribution in [2.75, 3.05) is 0 Å². The van der Waals surface area contributed by atoms with Crippen LogP contribution in [0.3, 0.4) is 0 Å². The molecule has 0 aromatic heterocycles. The van der Waals surface area contributed by atoms with E-state index in [4.69, 9.17) is 0 Å². The van der Waals surface area contributed by atoms with Crippen molar-refractivity contribution in [1.29, 1.82) is 0 Å². The molecular weight excluding hydrogens is 294 g/mol. The van der Waals surface area contributed by atoms with Gasteiger partial charge in [0.2, 0.25) is 5.91 Å². The maximum absolute atomic E-state index is 13.2. The summed E-state index contributed by atoms with van der Waals surface area (Å²) in [5.41, 5.74) is 4.48. The summed E-state index contributed by atoms with van der Waals surface area (Å²) >= 11 is 0. The van der Waals surface area contributed by atoms with Gasteiger partial charge in [-0.1, -0.05) is 66.9 Å². The largest absolute Gasteiger partial charge is 0.349 e. The molecule has 1 aliphatic rings. The molecule has 0 spiro atoms. The fourth-order valence-corrected chi connectivity index (χ4v) is 4.02. The highest BCUT2D eigenvalue weighted by molar-refractivity contribution is 5.89. The Morgan fingerprint density at radius 3 is 2.38 bits per heavy atom. The minimum atomic E-state index is -0.354. The molecule has 0 radical (unpaired) electrons. The van der Waals surface area contributed by atoms with Crippen molar-refractivity contribution in [2.24, 2.45) is 0 Å². The number of rotatable bonds is 4. The van der Waals surface area contributed by atoms with Gasteiger partial charge in [0, 0.05) is 0 Å². The predicted molar refractivity (Wildman–Crippen MR) is 99.1 cm³/mol. The number of amides is 1. The Hall–Kier alpha value is -2.09. The fraction of sp³-hybridized carbons (Fsp3) is 0.409. The molecule has 0 unspecified atom stereocenters. The maximum atomic E-state index is 13.2. The van der Waals surface area contributed by atoms with Gasteiger partial charge in [0.1, 0.15) is 0 Å². The second kappa shape index (κ2) is 6.80. The Kier molecular flexibility index (Phi) is 4.75. The second-order valence-corrected chi connectivity index (χ2v) is 7.21. The quantitative estimate of drug-likeness (QED) is 0.844. The molecule has 0 aliphatic heterocycles. The molecule has 2 nitrogen and oxygen atoms in total. The van der Waals surface area contributed by atoms with Crippen molar-refractivity contribution >= 4 is 5.91 Å². The fourth-order valence-electron chi connectivity index (χ4n) is 4.02. The van der Waals surface area contributed by atoms with Crippen molar-refractivity contribution < 1.29 is 4.79 Å². The third kappa shape index (κ3) is 3.10. The molecule has 24 heavy (non-hydrogen) atoms. The Balaban J connectivity index is 1.86. The molecule has 126 valence electrons. The summed E-state index contributed by atoms with van der Waals surface area (Å²) in [6.45, 7) is 6.30. The van der Waals surface area contributed by atoms with Crippen LogP contribution in [-0.4, -0.2) is 5.91 Å². The Bertz CT molecular complexity index is 714. The molecule has 1 aliphatic carbocycles. The van der Waals surface area contributed by atoms with Gasteiger partial charge in [-0.05, 0) is 50.3 Å². The van der Waals surface area contributed by atoms with Crippen LogP contribution in [0, 0.1) is 13.8 Å². The Morgan fingerprint density at radius 2 is 1.71 bits per heavy atom. The molecule has 1 N–H and O–H groups in total. The van der Waals surface area contributed by atoms with Crippen LogP contribution in [0.2, 0.25) is 0 Å². The van der Waals surface area contributed by atoms with Gasteiger partial charge in [0.15, 0.2) is 0 Å². The van der Waals surface area contributed by atoms with E-state index in [1.54, 1.807) is 0 Å². The molecule has 2 heteroatoms. The zero-order chi connectivity index (χ0) is 17.2. The highest BCUT2D eigenvalue weighted by Gasteiger charge is 2.42. The summed E-state index contributed by atoms with van der Waals surface area (Å²) in [7, 11) is 0. The highest BCUT2D eigenvalue weighted by atomic mass is 16.2. The van der Waals surface area contributed by atoms with Crippen LogP contribution in [0.1, 0.15) is 60.9 Å². The molecule has 3 rings (SSSR count). The molecule has 2 aromatic rings. The van der Waals surface area contributed by atoms with Gasteiger partial charge in [0.05, 0.1) is 11.5 Å². The average molecular weight is 321 g/mol. The monoisotopic (exact) mass is 321 g/mol. The SMILES string of the molecule is Cc1ccc(C)c([C@@H](C)NC(=O)C2(c3ccccc3)CCCC2)c1. The van der Waals surface area contributed by atoms with Crippen molar-refractivity contribution in [3.8, 4) is 0 Å². The van der Waals surface area contributed by atoms with Crippen LogP contribution in [0.4, 0.5) is 0 Å². The van der Waals surface area contributed by atoms with Crippen LogP contribution >= 0.6 is 0 Å². The lowest BCUT2D eigenvalue weighted by Crippen LogP contribution is -2.43. The molecule has 1 amide bonds. The van der Waals surface area contributed by atoms with Crippen molar-refractivity contribution in [3.05, 3.63) is 70.8 Å². The number of carbonyl (C=O) groups excluding carboxylic acids is 1. The zero-order valence-electron chi connectivity index (χ0n) is 14.9. The van der Waals surface area contributed by atoms with E-state index < -0.39 is 0 Å². The topological polar surface area (TPSA) is 29.1 Å². The number of nitrogens with one attached hydrogen (secondary N) is 1. The second-order valence-electron chi connectivity index (χ2n) is 7.21. The summed E-state index contributed by atoms with van der Waals surface area (Å²) in [6, 6.07) is 16.8. The number of hydrogen-bond donors (Lipinski definition) is 1. The minimum Gasteiger partial charge on any atom is -0.349 e. The molecule has 1 atom stereocenters. The third-order valence-corrected chi connectivity index (χ3v) is 5.47. The van der Waals surface area contributed by atoms with E-state index in [1.165, 1.54) is 16.7 Å². The third-order valence-electron chi connectivity index (χ3n) is 5.47. The number of aryl methyl sites for hydroxylation is 2. The van der Waals surface area contributed by atoms with Crippen LogP contribution in [0.5, 0.6) is 0 Å². The van der Waals surface area contributed by atoms with Gasteiger partial charge in [0.25, 0.3) is 0 Å². The Labute approximate surface area is 145 Å². The van der Waals surface area contributed by atoms with Crippen LogP contribution in [0.25, 0.3) is 0 Å². The summed E-state index contributed by atoms with van der Waals surface area (Å²) in [5.74, 6) is 0.180. The summed E-state index contributed by atoms with van der Waals surface area (Å²) < 4.78 is 0. The van der Waals surface area contributed by atoms with E-state index in [2.05, 4.69) is 56.4 Å². The first-order valence-electron chi connectivity index (χ1n) is 8.96. The van der Waals surface area contributed by atoms with Crippen molar-refractivity contribution in [2.45, 2.75) is 57.9 Å². The lowest BCUT2D eigenvalue weighted by molar-refractivity contribution is -0.127. The first-order chi connectivity index (χ1) is 11.5. The van der Waals surface area contributed by atoms with E-state index in [9.17, 15) is 4.79 Å².